The van der Waals surface area contributed by atoms with Crippen LogP contribution in [0.4, 0.5) is 0 Å². The van der Waals surface area contributed by atoms with E-state index in [1.807, 2.05) is 24.3 Å². The van der Waals surface area contributed by atoms with Gasteiger partial charge in [0.2, 0.25) is 0 Å². The fraction of sp³-hybridized carbons (Fsp3) is 0.500. The molecule has 0 heterocycles. The maximum Gasteiger partial charge on any atom is 0.313 e. The maximum atomic E-state index is 11.5. The van der Waals surface area contributed by atoms with Crippen LogP contribution in [0.25, 0.3) is 0 Å². The smallest absolute Gasteiger partial charge is 0.313 e. The SMILES string of the molecule is COC(=O)C1(CNCc2ccc(OC)cc2)CC1. The lowest BCUT2D eigenvalue weighted by molar-refractivity contribution is -0.146. The highest BCUT2D eigenvalue weighted by Gasteiger charge is 2.50. The predicted octanol–water partition coefficient (Wildman–Crippen LogP) is 1.74. The van der Waals surface area contributed by atoms with E-state index in [0.29, 0.717) is 6.54 Å². The van der Waals surface area contributed by atoms with Crippen LogP contribution >= 0.6 is 0 Å². The Balaban J connectivity index is 1.80. The lowest BCUT2D eigenvalue weighted by atomic mass is 10.1. The van der Waals surface area contributed by atoms with Gasteiger partial charge in [0, 0.05) is 13.1 Å². The molecule has 0 aliphatic heterocycles. The summed E-state index contributed by atoms with van der Waals surface area (Å²) >= 11 is 0. The first-order valence-corrected chi connectivity index (χ1v) is 6.12. The molecule has 1 aliphatic rings. The molecule has 4 nitrogen and oxygen atoms in total. The van der Waals surface area contributed by atoms with Crippen molar-refractivity contribution in [2.45, 2.75) is 19.4 Å². The molecule has 18 heavy (non-hydrogen) atoms. The second-order valence-corrected chi connectivity index (χ2v) is 4.72. The Bertz CT molecular complexity index is 410. The summed E-state index contributed by atoms with van der Waals surface area (Å²) in [6, 6.07) is 7.90. The number of ether oxygens (including phenoxy) is 2. The first-order valence-electron chi connectivity index (χ1n) is 6.12. The Hall–Kier alpha value is -1.55. The number of carbonyl (C=O) groups is 1. The fourth-order valence-electron chi connectivity index (χ4n) is 2.01. The number of hydrogen-bond acceptors (Lipinski definition) is 4. The van der Waals surface area contributed by atoms with Crippen LogP contribution < -0.4 is 10.1 Å². The van der Waals surface area contributed by atoms with Crippen molar-refractivity contribution in [2.75, 3.05) is 20.8 Å². The van der Waals surface area contributed by atoms with E-state index in [2.05, 4.69) is 5.32 Å². The van der Waals surface area contributed by atoms with Crippen LogP contribution in [0.1, 0.15) is 18.4 Å². The van der Waals surface area contributed by atoms with Crippen molar-refractivity contribution in [1.82, 2.24) is 5.32 Å². The van der Waals surface area contributed by atoms with Gasteiger partial charge in [0.25, 0.3) is 0 Å². The molecule has 0 radical (unpaired) electrons. The molecule has 0 amide bonds. The number of benzene rings is 1. The molecule has 98 valence electrons. The second-order valence-electron chi connectivity index (χ2n) is 4.72. The van der Waals surface area contributed by atoms with Gasteiger partial charge in [0.15, 0.2) is 0 Å². The molecule has 1 aromatic rings. The number of hydrogen-bond donors (Lipinski definition) is 1. The lowest BCUT2D eigenvalue weighted by Gasteiger charge is -2.13. The minimum atomic E-state index is -0.263. The Kier molecular flexibility index (Phi) is 3.87. The first-order chi connectivity index (χ1) is 8.70. The maximum absolute atomic E-state index is 11.5. The molecule has 0 aromatic heterocycles. The molecule has 1 aromatic carbocycles. The summed E-state index contributed by atoms with van der Waals surface area (Å²) in [7, 11) is 3.10. The largest absolute Gasteiger partial charge is 0.497 e. The number of carbonyl (C=O) groups excluding carboxylic acids is 1. The third-order valence-corrected chi connectivity index (χ3v) is 3.42. The Morgan fingerprint density at radius 2 is 1.94 bits per heavy atom. The highest BCUT2D eigenvalue weighted by Crippen LogP contribution is 2.46. The molecular weight excluding hydrogens is 230 g/mol. The van der Waals surface area contributed by atoms with E-state index >= 15 is 0 Å². The standard InChI is InChI=1S/C14H19NO3/c1-17-12-5-3-11(4-6-12)9-15-10-14(7-8-14)13(16)18-2/h3-6,15H,7-10H2,1-2H3. The summed E-state index contributed by atoms with van der Waals surface area (Å²) < 4.78 is 9.92. The van der Waals surface area contributed by atoms with Gasteiger partial charge in [0.1, 0.15) is 5.75 Å². The van der Waals surface area contributed by atoms with Crippen molar-refractivity contribution in [3.05, 3.63) is 29.8 Å². The summed E-state index contributed by atoms with van der Waals surface area (Å²) in [5.41, 5.74) is 0.915. The Morgan fingerprint density at radius 3 is 2.44 bits per heavy atom. The number of nitrogens with one attached hydrogen (secondary N) is 1. The quantitative estimate of drug-likeness (QED) is 0.780. The van der Waals surface area contributed by atoms with E-state index in [1.54, 1.807) is 7.11 Å². The van der Waals surface area contributed by atoms with Gasteiger partial charge in [-0.3, -0.25) is 4.79 Å². The van der Waals surface area contributed by atoms with E-state index in [9.17, 15) is 4.79 Å². The number of rotatable bonds is 6. The monoisotopic (exact) mass is 249 g/mol. The summed E-state index contributed by atoms with van der Waals surface area (Å²) in [5.74, 6) is 0.761. The lowest BCUT2D eigenvalue weighted by Crippen LogP contribution is -2.30. The van der Waals surface area contributed by atoms with Gasteiger partial charge in [-0.15, -0.1) is 0 Å². The molecular formula is C14H19NO3. The molecule has 0 unspecified atom stereocenters. The van der Waals surface area contributed by atoms with Crippen LogP contribution in [0.3, 0.4) is 0 Å². The van der Waals surface area contributed by atoms with Gasteiger partial charge in [-0.25, -0.2) is 0 Å². The third kappa shape index (κ3) is 2.82. The third-order valence-electron chi connectivity index (χ3n) is 3.42. The van der Waals surface area contributed by atoms with Crippen LogP contribution in [0.15, 0.2) is 24.3 Å². The average Bonchev–Trinajstić information content (AvgIpc) is 3.20. The fourth-order valence-corrected chi connectivity index (χ4v) is 2.01. The number of esters is 1. The van der Waals surface area contributed by atoms with Crippen molar-refractivity contribution in [3.8, 4) is 5.75 Å². The molecule has 1 N–H and O–H groups in total. The molecule has 0 saturated heterocycles. The van der Waals surface area contributed by atoms with Gasteiger partial charge < -0.3 is 14.8 Å². The van der Waals surface area contributed by atoms with E-state index < -0.39 is 0 Å². The van der Waals surface area contributed by atoms with E-state index in [-0.39, 0.29) is 11.4 Å². The summed E-state index contributed by atoms with van der Waals surface area (Å²) in [6.07, 6.45) is 1.85. The molecule has 0 spiro atoms. The summed E-state index contributed by atoms with van der Waals surface area (Å²) in [4.78, 5) is 11.5. The van der Waals surface area contributed by atoms with Crippen LogP contribution in [-0.4, -0.2) is 26.7 Å². The van der Waals surface area contributed by atoms with Crippen LogP contribution in [0.2, 0.25) is 0 Å². The van der Waals surface area contributed by atoms with Crippen LogP contribution in [0.5, 0.6) is 5.75 Å². The van der Waals surface area contributed by atoms with Gasteiger partial charge in [-0.1, -0.05) is 12.1 Å². The van der Waals surface area contributed by atoms with Crippen molar-refractivity contribution >= 4 is 5.97 Å². The second kappa shape index (κ2) is 5.40. The van der Waals surface area contributed by atoms with E-state index in [4.69, 9.17) is 9.47 Å². The zero-order valence-corrected chi connectivity index (χ0v) is 10.9. The zero-order chi connectivity index (χ0) is 13.0. The minimum Gasteiger partial charge on any atom is -0.497 e. The van der Waals surface area contributed by atoms with Crippen molar-refractivity contribution in [3.63, 3.8) is 0 Å². The Morgan fingerprint density at radius 1 is 1.28 bits per heavy atom. The average molecular weight is 249 g/mol. The Labute approximate surface area is 107 Å². The van der Waals surface area contributed by atoms with E-state index in [0.717, 1.165) is 25.1 Å². The van der Waals surface area contributed by atoms with E-state index in [1.165, 1.54) is 12.7 Å². The van der Waals surface area contributed by atoms with Crippen molar-refractivity contribution in [2.24, 2.45) is 5.41 Å². The van der Waals surface area contributed by atoms with Gasteiger partial charge in [0.05, 0.1) is 19.6 Å². The topological polar surface area (TPSA) is 47.6 Å². The van der Waals surface area contributed by atoms with Gasteiger partial charge >= 0.3 is 5.97 Å². The first kappa shape index (κ1) is 12.9. The highest BCUT2D eigenvalue weighted by atomic mass is 16.5. The number of methoxy groups -OCH3 is 2. The molecule has 1 aliphatic carbocycles. The minimum absolute atomic E-state index is 0.0928. The summed E-state index contributed by atoms with van der Waals surface area (Å²) in [6.45, 7) is 1.44. The van der Waals surface area contributed by atoms with Crippen molar-refractivity contribution < 1.29 is 14.3 Å². The van der Waals surface area contributed by atoms with Crippen molar-refractivity contribution in [1.29, 1.82) is 0 Å². The highest BCUT2D eigenvalue weighted by molar-refractivity contribution is 5.80. The predicted molar refractivity (Wildman–Crippen MR) is 68.4 cm³/mol. The summed E-state index contributed by atoms with van der Waals surface area (Å²) in [5, 5.41) is 3.32. The molecule has 4 heteroatoms. The molecule has 0 bridgehead atoms. The van der Waals surface area contributed by atoms with Gasteiger partial charge in [-0.2, -0.15) is 0 Å². The van der Waals surface area contributed by atoms with Gasteiger partial charge in [-0.05, 0) is 30.5 Å². The normalized spacial score (nSPS) is 16.1. The van der Waals surface area contributed by atoms with Crippen LogP contribution in [0, 0.1) is 5.41 Å². The molecule has 1 fully saturated rings. The molecule has 0 atom stereocenters. The molecule has 1 saturated carbocycles. The molecule has 2 rings (SSSR count). The zero-order valence-electron chi connectivity index (χ0n) is 10.9. The van der Waals surface area contributed by atoms with Crippen LogP contribution in [-0.2, 0) is 16.1 Å².